The summed E-state index contributed by atoms with van der Waals surface area (Å²) in [6.07, 6.45) is 1.50. The van der Waals surface area contributed by atoms with Crippen molar-refractivity contribution in [1.82, 2.24) is 9.97 Å². The van der Waals surface area contributed by atoms with Crippen LogP contribution in [0.1, 0.15) is 46.1 Å². The Morgan fingerprint density at radius 2 is 1.87 bits per heavy atom. The number of anilines is 2. The second kappa shape index (κ2) is 4.04. The quantitative estimate of drug-likeness (QED) is 0.783. The van der Waals surface area contributed by atoms with Gasteiger partial charge < -0.3 is 11.1 Å². The average Bonchev–Trinajstić information content (AvgIpc) is 1.99. The van der Waals surface area contributed by atoms with E-state index >= 15 is 0 Å². The molecule has 4 heteroatoms. The van der Waals surface area contributed by atoms with E-state index in [0.29, 0.717) is 11.7 Å². The van der Waals surface area contributed by atoms with E-state index in [1.807, 2.05) is 0 Å². The van der Waals surface area contributed by atoms with E-state index in [1.54, 1.807) is 0 Å². The molecule has 0 amide bonds. The molecule has 4 nitrogen and oxygen atoms in total. The van der Waals surface area contributed by atoms with Crippen LogP contribution in [0.4, 0.5) is 11.6 Å². The molecule has 15 heavy (non-hydrogen) atoms. The van der Waals surface area contributed by atoms with E-state index in [0.717, 1.165) is 11.4 Å². The fourth-order valence-corrected chi connectivity index (χ4v) is 1.43. The molecule has 0 aliphatic rings. The van der Waals surface area contributed by atoms with E-state index < -0.39 is 0 Å². The van der Waals surface area contributed by atoms with Crippen molar-refractivity contribution in [1.29, 1.82) is 0 Å². The largest absolute Gasteiger partial charge is 0.383 e. The predicted molar refractivity (Wildman–Crippen MR) is 63.9 cm³/mol. The summed E-state index contributed by atoms with van der Waals surface area (Å²) in [5, 5.41) is 3.34. The zero-order valence-corrected chi connectivity index (χ0v) is 10.1. The Bertz CT molecular complexity index is 339. The maximum Gasteiger partial charge on any atom is 0.135 e. The van der Waals surface area contributed by atoms with E-state index in [9.17, 15) is 0 Å². The first-order chi connectivity index (χ1) is 6.81. The molecule has 3 N–H and O–H groups in total. The van der Waals surface area contributed by atoms with Crippen LogP contribution in [0, 0.1) is 0 Å². The zero-order chi connectivity index (χ0) is 11.6. The lowest BCUT2D eigenvalue weighted by Crippen LogP contribution is -2.28. The molecule has 0 saturated heterocycles. The van der Waals surface area contributed by atoms with Crippen molar-refractivity contribution < 1.29 is 0 Å². The average molecular weight is 208 g/mol. The standard InChI is InChI=1S/C11H20N4/c1-7(2)8-9(12)13-6-14-10(8)15-11(3,4)5/h6-7H,1-5H3,(H3,12,13,14,15). The summed E-state index contributed by atoms with van der Waals surface area (Å²) in [5.74, 6) is 1.72. The third kappa shape index (κ3) is 3.08. The lowest BCUT2D eigenvalue weighted by molar-refractivity contribution is 0.627. The highest BCUT2D eigenvalue weighted by molar-refractivity contribution is 5.57. The van der Waals surface area contributed by atoms with Crippen LogP contribution in [-0.4, -0.2) is 15.5 Å². The Kier molecular flexibility index (Phi) is 3.17. The van der Waals surface area contributed by atoms with Gasteiger partial charge in [0.2, 0.25) is 0 Å². The fraction of sp³-hybridized carbons (Fsp3) is 0.636. The van der Waals surface area contributed by atoms with Gasteiger partial charge in [-0.15, -0.1) is 0 Å². The molecule has 0 aliphatic heterocycles. The van der Waals surface area contributed by atoms with Gasteiger partial charge >= 0.3 is 0 Å². The van der Waals surface area contributed by atoms with E-state index in [4.69, 9.17) is 5.73 Å². The summed E-state index contributed by atoms with van der Waals surface area (Å²) in [4.78, 5) is 8.26. The maximum absolute atomic E-state index is 5.85. The first-order valence-electron chi connectivity index (χ1n) is 5.20. The number of nitrogens with zero attached hydrogens (tertiary/aromatic N) is 2. The molecule has 84 valence electrons. The minimum Gasteiger partial charge on any atom is -0.383 e. The number of hydrogen-bond acceptors (Lipinski definition) is 4. The molecular formula is C11H20N4. The van der Waals surface area contributed by atoms with Crippen molar-refractivity contribution in [2.24, 2.45) is 0 Å². The molecule has 1 heterocycles. The second-order valence-corrected chi connectivity index (χ2v) is 5.05. The van der Waals surface area contributed by atoms with Gasteiger partial charge in [0, 0.05) is 11.1 Å². The minimum absolute atomic E-state index is 0.0234. The fourth-order valence-electron chi connectivity index (χ4n) is 1.43. The van der Waals surface area contributed by atoms with Crippen molar-refractivity contribution in [3.63, 3.8) is 0 Å². The molecule has 0 radical (unpaired) electrons. The highest BCUT2D eigenvalue weighted by Crippen LogP contribution is 2.27. The smallest absolute Gasteiger partial charge is 0.135 e. The molecule has 0 aromatic carbocycles. The van der Waals surface area contributed by atoms with Crippen LogP contribution in [0.2, 0.25) is 0 Å². The van der Waals surface area contributed by atoms with Crippen molar-refractivity contribution >= 4 is 11.6 Å². The number of nitrogens with two attached hydrogens (primary N) is 1. The molecule has 1 aromatic heterocycles. The Balaban J connectivity index is 3.12. The molecule has 0 unspecified atom stereocenters. The van der Waals surface area contributed by atoms with Gasteiger partial charge in [0.15, 0.2) is 0 Å². The number of rotatable bonds is 2. The predicted octanol–water partition coefficient (Wildman–Crippen LogP) is 2.39. The highest BCUT2D eigenvalue weighted by Gasteiger charge is 2.17. The van der Waals surface area contributed by atoms with Gasteiger partial charge in [-0.3, -0.25) is 0 Å². The number of aromatic nitrogens is 2. The molecular weight excluding hydrogens is 188 g/mol. The van der Waals surface area contributed by atoms with Crippen LogP contribution in [0.25, 0.3) is 0 Å². The Morgan fingerprint density at radius 3 is 2.33 bits per heavy atom. The molecule has 0 atom stereocenters. The number of nitrogen functional groups attached to an aromatic ring is 1. The molecule has 0 aliphatic carbocycles. The summed E-state index contributed by atoms with van der Waals surface area (Å²) < 4.78 is 0. The van der Waals surface area contributed by atoms with Crippen LogP contribution in [0.3, 0.4) is 0 Å². The summed E-state index contributed by atoms with van der Waals surface area (Å²) in [6, 6.07) is 0. The molecule has 1 rings (SSSR count). The van der Waals surface area contributed by atoms with Gasteiger partial charge in [-0.1, -0.05) is 13.8 Å². The Hall–Kier alpha value is -1.32. The number of hydrogen-bond donors (Lipinski definition) is 2. The van der Waals surface area contributed by atoms with Crippen molar-refractivity contribution in [3.05, 3.63) is 11.9 Å². The summed E-state index contributed by atoms with van der Waals surface area (Å²) in [5.41, 5.74) is 6.82. The van der Waals surface area contributed by atoms with Crippen LogP contribution in [-0.2, 0) is 0 Å². The Morgan fingerprint density at radius 1 is 1.27 bits per heavy atom. The monoisotopic (exact) mass is 208 g/mol. The van der Waals surface area contributed by atoms with Crippen LogP contribution >= 0.6 is 0 Å². The molecule has 0 bridgehead atoms. The van der Waals surface area contributed by atoms with Gasteiger partial charge in [-0.2, -0.15) is 0 Å². The van der Waals surface area contributed by atoms with E-state index in [2.05, 4.69) is 49.9 Å². The molecule has 0 saturated carbocycles. The zero-order valence-electron chi connectivity index (χ0n) is 10.1. The maximum atomic E-state index is 5.85. The van der Waals surface area contributed by atoms with Crippen LogP contribution in [0.15, 0.2) is 6.33 Å². The Labute approximate surface area is 91.3 Å². The van der Waals surface area contributed by atoms with Crippen molar-refractivity contribution in [3.8, 4) is 0 Å². The van der Waals surface area contributed by atoms with Gasteiger partial charge in [-0.25, -0.2) is 9.97 Å². The van der Waals surface area contributed by atoms with Crippen molar-refractivity contribution in [2.75, 3.05) is 11.1 Å². The number of nitrogens with one attached hydrogen (secondary N) is 1. The summed E-state index contributed by atoms with van der Waals surface area (Å²) >= 11 is 0. The van der Waals surface area contributed by atoms with Crippen LogP contribution in [0.5, 0.6) is 0 Å². The normalized spacial score (nSPS) is 11.9. The molecule has 1 aromatic rings. The summed E-state index contributed by atoms with van der Waals surface area (Å²) in [6.45, 7) is 10.5. The first kappa shape index (κ1) is 11.8. The minimum atomic E-state index is -0.0234. The highest BCUT2D eigenvalue weighted by atomic mass is 15.1. The lowest BCUT2D eigenvalue weighted by atomic mass is 10.0. The third-order valence-corrected chi connectivity index (χ3v) is 1.99. The molecule has 0 fully saturated rings. The topological polar surface area (TPSA) is 63.8 Å². The van der Waals surface area contributed by atoms with Gasteiger partial charge in [-0.05, 0) is 26.7 Å². The van der Waals surface area contributed by atoms with Gasteiger partial charge in [0.25, 0.3) is 0 Å². The molecule has 0 spiro atoms. The van der Waals surface area contributed by atoms with Gasteiger partial charge in [0.1, 0.15) is 18.0 Å². The van der Waals surface area contributed by atoms with Crippen molar-refractivity contribution in [2.45, 2.75) is 46.1 Å². The van der Waals surface area contributed by atoms with E-state index in [1.165, 1.54) is 6.33 Å². The van der Waals surface area contributed by atoms with Gasteiger partial charge in [0.05, 0.1) is 0 Å². The van der Waals surface area contributed by atoms with E-state index in [-0.39, 0.29) is 5.54 Å². The first-order valence-corrected chi connectivity index (χ1v) is 5.20. The second-order valence-electron chi connectivity index (χ2n) is 5.05. The summed E-state index contributed by atoms with van der Waals surface area (Å²) in [7, 11) is 0. The SMILES string of the molecule is CC(C)c1c(N)ncnc1NC(C)(C)C. The third-order valence-electron chi connectivity index (χ3n) is 1.99. The lowest BCUT2D eigenvalue weighted by Gasteiger charge is -2.24. The van der Waals surface area contributed by atoms with Crippen LogP contribution < -0.4 is 11.1 Å².